The van der Waals surface area contributed by atoms with Crippen LogP contribution in [0.4, 0.5) is 0 Å². The van der Waals surface area contributed by atoms with Gasteiger partial charge in [-0.15, -0.1) is 0 Å². The number of carboxylic acid groups (broad SMARTS) is 1. The molecule has 19 heavy (non-hydrogen) atoms. The molecule has 0 saturated carbocycles. The summed E-state index contributed by atoms with van der Waals surface area (Å²) >= 11 is 0. The number of aryl methyl sites for hydroxylation is 1. The molecule has 1 aliphatic rings. The number of carbonyl (C=O) groups is 1. The van der Waals surface area contributed by atoms with Crippen LogP contribution in [0.1, 0.15) is 43.0 Å². The molecule has 0 spiro atoms. The predicted octanol–water partition coefficient (Wildman–Crippen LogP) is 2.23. The molecule has 4 heteroatoms. The highest BCUT2D eigenvalue weighted by Crippen LogP contribution is 2.21. The standard InChI is InChI=1S/C15H19NO3/c1-2-9-16-13-6-4-3-5-11(13)10-12(15(16)19)7-8-14(17)18/h7-8,10H,2-6,9H2,1H3,(H,17,18)/b8-7+. The van der Waals surface area contributed by atoms with Crippen LogP contribution < -0.4 is 5.56 Å². The number of aliphatic carboxylic acids is 1. The number of fused-ring (bicyclic) bond motifs is 1. The Hall–Kier alpha value is -1.84. The number of rotatable bonds is 4. The highest BCUT2D eigenvalue weighted by molar-refractivity contribution is 5.85. The van der Waals surface area contributed by atoms with E-state index in [-0.39, 0.29) is 5.56 Å². The van der Waals surface area contributed by atoms with E-state index < -0.39 is 5.97 Å². The quantitative estimate of drug-likeness (QED) is 0.845. The molecule has 1 aromatic heterocycles. The van der Waals surface area contributed by atoms with Gasteiger partial charge in [0.1, 0.15) is 0 Å². The van der Waals surface area contributed by atoms with E-state index in [2.05, 4.69) is 0 Å². The van der Waals surface area contributed by atoms with Gasteiger partial charge in [-0.25, -0.2) is 4.79 Å². The van der Waals surface area contributed by atoms with Crippen molar-refractivity contribution < 1.29 is 9.90 Å². The number of carboxylic acids is 1. The van der Waals surface area contributed by atoms with Gasteiger partial charge in [0.15, 0.2) is 0 Å². The SMILES string of the molecule is CCCn1c2c(cc(/C=C/C(=O)O)c1=O)CCCC2. The summed E-state index contributed by atoms with van der Waals surface area (Å²) in [5.74, 6) is -1.03. The maximum atomic E-state index is 12.4. The third kappa shape index (κ3) is 2.95. The summed E-state index contributed by atoms with van der Waals surface area (Å²) in [6.45, 7) is 2.75. The molecule has 4 nitrogen and oxygen atoms in total. The Morgan fingerprint density at radius 1 is 1.42 bits per heavy atom. The second-order valence-electron chi connectivity index (χ2n) is 4.91. The maximum Gasteiger partial charge on any atom is 0.328 e. The van der Waals surface area contributed by atoms with Crippen molar-refractivity contribution in [3.63, 3.8) is 0 Å². The van der Waals surface area contributed by atoms with E-state index in [1.807, 2.05) is 17.6 Å². The van der Waals surface area contributed by atoms with Crippen LogP contribution in [0.3, 0.4) is 0 Å². The zero-order valence-corrected chi connectivity index (χ0v) is 11.2. The second kappa shape index (κ2) is 5.87. The van der Waals surface area contributed by atoms with Crippen molar-refractivity contribution in [3.05, 3.63) is 39.3 Å². The van der Waals surface area contributed by atoms with Gasteiger partial charge in [0.2, 0.25) is 0 Å². The minimum atomic E-state index is -1.03. The van der Waals surface area contributed by atoms with Gasteiger partial charge in [0, 0.05) is 23.9 Å². The number of hydrogen-bond acceptors (Lipinski definition) is 2. The normalized spacial score (nSPS) is 14.6. The fourth-order valence-electron chi connectivity index (χ4n) is 2.64. The van der Waals surface area contributed by atoms with Crippen LogP contribution in [0.15, 0.2) is 16.9 Å². The first kappa shape index (κ1) is 13.6. The van der Waals surface area contributed by atoms with Crippen molar-refractivity contribution in [3.8, 4) is 0 Å². The first-order valence-corrected chi connectivity index (χ1v) is 6.80. The fraction of sp³-hybridized carbons (Fsp3) is 0.467. The van der Waals surface area contributed by atoms with Crippen LogP contribution in [-0.4, -0.2) is 15.6 Å². The Bertz CT molecular complexity index is 569. The first-order chi connectivity index (χ1) is 9.13. The van der Waals surface area contributed by atoms with Gasteiger partial charge < -0.3 is 9.67 Å². The molecule has 0 radical (unpaired) electrons. The van der Waals surface area contributed by atoms with Gasteiger partial charge in [-0.2, -0.15) is 0 Å². The first-order valence-electron chi connectivity index (χ1n) is 6.80. The lowest BCUT2D eigenvalue weighted by Gasteiger charge is -2.21. The second-order valence-corrected chi connectivity index (χ2v) is 4.91. The van der Waals surface area contributed by atoms with Crippen molar-refractivity contribution in [2.75, 3.05) is 0 Å². The lowest BCUT2D eigenvalue weighted by Crippen LogP contribution is -2.28. The van der Waals surface area contributed by atoms with Crippen molar-refractivity contribution in [1.82, 2.24) is 4.57 Å². The van der Waals surface area contributed by atoms with Crippen molar-refractivity contribution in [2.24, 2.45) is 0 Å². The van der Waals surface area contributed by atoms with E-state index in [1.54, 1.807) is 0 Å². The molecule has 1 heterocycles. The molecule has 1 aromatic rings. The van der Waals surface area contributed by atoms with Gasteiger partial charge in [-0.05, 0) is 49.8 Å². The van der Waals surface area contributed by atoms with Gasteiger partial charge in [-0.3, -0.25) is 4.79 Å². The zero-order chi connectivity index (χ0) is 13.8. The smallest absolute Gasteiger partial charge is 0.328 e. The van der Waals surface area contributed by atoms with Crippen molar-refractivity contribution >= 4 is 12.0 Å². The summed E-state index contributed by atoms with van der Waals surface area (Å²) in [5, 5.41) is 8.68. The van der Waals surface area contributed by atoms with Gasteiger partial charge >= 0.3 is 5.97 Å². The minimum absolute atomic E-state index is 0.0694. The summed E-state index contributed by atoms with van der Waals surface area (Å²) < 4.78 is 1.83. The van der Waals surface area contributed by atoms with E-state index in [0.29, 0.717) is 12.1 Å². The zero-order valence-electron chi connectivity index (χ0n) is 11.2. The molecule has 0 fully saturated rings. The molecular formula is C15H19NO3. The third-order valence-electron chi connectivity index (χ3n) is 3.48. The maximum absolute atomic E-state index is 12.4. The number of hydrogen-bond donors (Lipinski definition) is 1. The van der Waals surface area contributed by atoms with Crippen LogP contribution in [0.2, 0.25) is 0 Å². The highest BCUT2D eigenvalue weighted by Gasteiger charge is 2.16. The third-order valence-corrected chi connectivity index (χ3v) is 3.48. The average molecular weight is 261 g/mol. The number of aromatic nitrogens is 1. The van der Waals surface area contributed by atoms with E-state index in [9.17, 15) is 9.59 Å². The Kier molecular flexibility index (Phi) is 4.20. The fourth-order valence-corrected chi connectivity index (χ4v) is 2.64. The van der Waals surface area contributed by atoms with E-state index in [0.717, 1.165) is 43.9 Å². The predicted molar refractivity (Wildman–Crippen MR) is 74.3 cm³/mol. The molecule has 0 atom stereocenters. The van der Waals surface area contributed by atoms with E-state index in [4.69, 9.17) is 5.11 Å². The molecule has 0 bridgehead atoms. The summed E-state index contributed by atoms with van der Waals surface area (Å²) in [4.78, 5) is 22.9. The average Bonchev–Trinajstić information content (AvgIpc) is 2.40. The lowest BCUT2D eigenvalue weighted by atomic mass is 9.94. The molecule has 1 N–H and O–H groups in total. The highest BCUT2D eigenvalue weighted by atomic mass is 16.4. The molecule has 0 aromatic carbocycles. The largest absolute Gasteiger partial charge is 0.478 e. The monoisotopic (exact) mass is 261 g/mol. The van der Waals surface area contributed by atoms with Crippen LogP contribution >= 0.6 is 0 Å². The topological polar surface area (TPSA) is 59.3 Å². The Balaban J connectivity index is 2.53. The van der Waals surface area contributed by atoms with E-state index in [1.165, 1.54) is 11.6 Å². The van der Waals surface area contributed by atoms with Gasteiger partial charge in [0.05, 0.1) is 0 Å². The summed E-state index contributed by atoms with van der Waals surface area (Å²) in [5.41, 5.74) is 2.76. The van der Waals surface area contributed by atoms with Crippen molar-refractivity contribution in [2.45, 2.75) is 45.6 Å². The van der Waals surface area contributed by atoms with Crippen LogP contribution in [0.25, 0.3) is 6.08 Å². The summed E-state index contributed by atoms with van der Waals surface area (Å²) in [7, 11) is 0. The van der Waals surface area contributed by atoms with Gasteiger partial charge in [0.25, 0.3) is 5.56 Å². The number of pyridine rings is 1. The van der Waals surface area contributed by atoms with Crippen LogP contribution in [0.5, 0.6) is 0 Å². The number of nitrogens with zero attached hydrogens (tertiary/aromatic N) is 1. The molecule has 0 saturated heterocycles. The lowest BCUT2D eigenvalue weighted by molar-refractivity contribution is -0.131. The molecule has 0 aliphatic heterocycles. The van der Waals surface area contributed by atoms with Crippen molar-refractivity contribution in [1.29, 1.82) is 0 Å². The molecule has 2 rings (SSSR count). The molecule has 0 amide bonds. The molecule has 1 aliphatic carbocycles. The Morgan fingerprint density at radius 2 is 2.16 bits per heavy atom. The van der Waals surface area contributed by atoms with E-state index >= 15 is 0 Å². The minimum Gasteiger partial charge on any atom is -0.478 e. The molecule has 102 valence electrons. The Morgan fingerprint density at radius 3 is 2.84 bits per heavy atom. The molecular weight excluding hydrogens is 242 g/mol. The van der Waals surface area contributed by atoms with Crippen LogP contribution in [0, 0.1) is 0 Å². The summed E-state index contributed by atoms with van der Waals surface area (Å²) in [6, 6.07) is 1.86. The van der Waals surface area contributed by atoms with Gasteiger partial charge in [-0.1, -0.05) is 6.92 Å². The molecule has 0 unspecified atom stereocenters. The Labute approximate surface area is 112 Å². The summed E-state index contributed by atoms with van der Waals surface area (Å²) in [6.07, 6.45) is 7.53. The van der Waals surface area contributed by atoms with Crippen LogP contribution in [-0.2, 0) is 24.2 Å².